The summed E-state index contributed by atoms with van der Waals surface area (Å²) in [5.41, 5.74) is 0.580. The first-order valence-corrected chi connectivity index (χ1v) is 7.16. The van der Waals surface area contributed by atoms with Crippen LogP contribution in [0.2, 0.25) is 0 Å². The Labute approximate surface area is 126 Å². The highest BCUT2D eigenvalue weighted by atomic mass is 16.5. The molecule has 5 nitrogen and oxygen atoms in total. The first-order chi connectivity index (χ1) is 10.1. The van der Waals surface area contributed by atoms with Crippen LogP contribution < -0.4 is 14.2 Å². The number of carbonyl (C=O) groups excluding carboxylic acids is 1. The third-order valence-electron chi connectivity index (χ3n) is 3.54. The van der Waals surface area contributed by atoms with Crippen LogP contribution in [0, 0.1) is 0 Å². The van der Waals surface area contributed by atoms with Gasteiger partial charge in [0.2, 0.25) is 5.75 Å². The van der Waals surface area contributed by atoms with Gasteiger partial charge in [-0.05, 0) is 25.2 Å². The van der Waals surface area contributed by atoms with Crippen LogP contribution >= 0.6 is 0 Å². The smallest absolute Gasteiger partial charge is 0.203 e. The molecule has 0 unspecified atom stereocenters. The van der Waals surface area contributed by atoms with Gasteiger partial charge >= 0.3 is 0 Å². The van der Waals surface area contributed by atoms with Crippen LogP contribution in [0.1, 0.15) is 30.6 Å². The van der Waals surface area contributed by atoms with E-state index < -0.39 is 0 Å². The minimum Gasteiger partial charge on any atom is -0.493 e. The number of ether oxygens (including phenoxy) is 3. The van der Waals surface area contributed by atoms with Gasteiger partial charge < -0.3 is 19.1 Å². The fraction of sp³-hybridized carbons (Fsp3) is 0.562. The molecule has 21 heavy (non-hydrogen) atoms. The summed E-state index contributed by atoms with van der Waals surface area (Å²) in [5, 5.41) is 0. The van der Waals surface area contributed by atoms with Gasteiger partial charge in [0.25, 0.3) is 0 Å². The van der Waals surface area contributed by atoms with Crippen molar-refractivity contribution in [2.45, 2.75) is 20.3 Å². The van der Waals surface area contributed by atoms with E-state index in [9.17, 15) is 4.79 Å². The number of benzene rings is 1. The van der Waals surface area contributed by atoms with Gasteiger partial charge in [0, 0.05) is 18.5 Å². The van der Waals surface area contributed by atoms with Gasteiger partial charge in [0.1, 0.15) is 0 Å². The summed E-state index contributed by atoms with van der Waals surface area (Å²) >= 11 is 0. The molecule has 0 aliphatic rings. The average molecular weight is 295 g/mol. The standard InChI is InChI=1S/C16H25NO4/c1-6-17(7-2)9-8-13(18)12-10-14(19-3)16(21-5)15(11-12)20-4/h10-11H,6-9H2,1-5H3. The number of Topliss-reactive ketones (excluding diaryl/α,β-unsaturated/α-hetero) is 1. The highest BCUT2D eigenvalue weighted by molar-refractivity contribution is 5.97. The molecule has 0 atom stereocenters. The minimum absolute atomic E-state index is 0.0705. The Bertz CT molecular complexity index is 444. The van der Waals surface area contributed by atoms with E-state index in [1.807, 2.05) is 0 Å². The first-order valence-electron chi connectivity index (χ1n) is 7.16. The zero-order chi connectivity index (χ0) is 15.8. The summed E-state index contributed by atoms with van der Waals surface area (Å²) < 4.78 is 15.8. The maximum absolute atomic E-state index is 12.3. The second-order valence-electron chi connectivity index (χ2n) is 4.61. The van der Waals surface area contributed by atoms with E-state index in [1.54, 1.807) is 33.5 Å². The van der Waals surface area contributed by atoms with Crippen LogP contribution in [0.3, 0.4) is 0 Å². The topological polar surface area (TPSA) is 48.0 Å². The van der Waals surface area contributed by atoms with E-state index in [0.29, 0.717) is 29.2 Å². The summed E-state index contributed by atoms with van der Waals surface area (Å²) in [6.45, 7) is 6.82. The van der Waals surface area contributed by atoms with E-state index in [0.717, 1.165) is 19.6 Å². The fourth-order valence-electron chi connectivity index (χ4n) is 2.19. The molecule has 0 spiro atoms. The lowest BCUT2D eigenvalue weighted by Crippen LogP contribution is -2.25. The third-order valence-corrected chi connectivity index (χ3v) is 3.54. The van der Waals surface area contributed by atoms with Crippen molar-refractivity contribution in [3.8, 4) is 17.2 Å². The molecular formula is C16H25NO4. The molecular weight excluding hydrogens is 270 g/mol. The highest BCUT2D eigenvalue weighted by Crippen LogP contribution is 2.38. The summed E-state index contributed by atoms with van der Waals surface area (Å²) in [6.07, 6.45) is 0.473. The summed E-state index contributed by atoms with van der Waals surface area (Å²) in [6, 6.07) is 3.40. The number of hydrogen-bond acceptors (Lipinski definition) is 5. The van der Waals surface area contributed by atoms with Crippen molar-refractivity contribution in [3.63, 3.8) is 0 Å². The SMILES string of the molecule is CCN(CC)CCC(=O)c1cc(OC)c(OC)c(OC)c1. The molecule has 0 saturated carbocycles. The second-order valence-corrected chi connectivity index (χ2v) is 4.61. The van der Waals surface area contributed by atoms with Crippen molar-refractivity contribution in [1.82, 2.24) is 4.90 Å². The quantitative estimate of drug-likeness (QED) is 0.655. The maximum Gasteiger partial charge on any atom is 0.203 e. The molecule has 0 aromatic heterocycles. The van der Waals surface area contributed by atoms with Crippen molar-refractivity contribution in [2.75, 3.05) is 41.0 Å². The number of carbonyl (C=O) groups is 1. The van der Waals surface area contributed by atoms with E-state index in [-0.39, 0.29) is 5.78 Å². The molecule has 0 radical (unpaired) electrons. The molecule has 1 aromatic carbocycles. The molecule has 0 amide bonds. The highest BCUT2D eigenvalue weighted by Gasteiger charge is 2.17. The normalized spacial score (nSPS) is 10.6. The Morgan fingerprint density at radius 2 is 1.52 bits per heavy atom. The zero-order valence-electron chi connectivity index (χ0n) is 13.6. The molecule has 0 saturated heterocycles. The van der Waals surface area contributed by atoms with Crippen molar-refractivity contribution in [3.05, 3.63) is 17.7 Å². The van der Waals surface area contributed by atoms with Gasteiger partial charge in [-0.3, -0.25) is 4.79 Å². The summed E-state index contributed by atoms with van der Waals surface area (Å²) in [4.78, 5) is 14.6. The van der Waals surface area contributed by atoms with Gasteiger partial charge in [-0.1, -0.05) is 13.8 Å². The monoisotopic (exact) mass is 295 g/mol. The van der Waals surface area contributed by atoms with Gasteiger partial charge in [-0.2, -0.15) is 0 Å². The molecule has 1 aromatic rings. The van der Waals surface area contributed by atoms with Gasteiger partial charge in [0.15, 0.2) is 17.3 Å². The molecule has 1 rings (SSSR count). The Balaban J connectivity index is 2.94. The number of rotatable bonds is 9. The Hall–Kier alpha value is -1.75. The lowest BCUT2D eigenvalue weighted by molar-refractivity contribution is 0.0965. The van der Waals surface area contributed by atoms with Crippen LogP contribution in [0.25, 0.3) is 0 Å². The predicted molar refractivity (Wildman–Crippen MR) is 82.8 cm³/mol. The lowest BCUT2D eigenvalue weighted by Gasteiger charge is -2.18. The Kier molecular flexibility index (Phi) is 7.02. The first kappa shape index (κ1) is 17.3. The van der Waals surface area contributed by atoms with Gasteiger partial charge in [-0.25, -0.2) is 0 Å². The van der Waals surface area contributed by atoms with E-state index in [1.165, 1.54) is 0 Å². The van der Waals surface area contributed by atoms with Crippen LogP contribution in [-0.2, 0) is 0 Å². The van der Waals surface area contributed by atoms with Crippen molar-refractivity contribution >= 4 is 5.78 Å². The molecule has 0 bridgehead atoms. The second kappa shape index (κ2) is 8.52. The molecule has 118 valence electrons. The molecule has 0 N–H and O–H groups in total. The van der Waals surface area contributed by atoms with E-state index in [4.69, 9.17) is 14.2 Å². The molecule has 5 heteroatoms. The summed E-state index contributed by atoms with van der Waals surface area (Å²) in [5.74, 6) is 1.58. The third kappa shape index (κ3) is 4.36. The average Bonchev–Trinajstić information content (AvgIpc) is 2.53. The largest absolute Gasteiger partial charge is 0.493 e. The van der Waals surface area contributed by atoms with Crippen LogP contribution in [0.5, 0.6) is 17.2 Å². The van der Waals surface area contributed by atoms with Crippen molar-refractivity contribution in [1.29, 1.82) is 0 Å². The Morgan fingerprint density at radius 1 is 1.00 bits per heavy atom. The zero-order valence-corrected chi connectivity index (χ0v) is 13.6. The molecule has 0 heterocycles. The fourth-order valence-corrected chi connectivity index (χ4v) is 2.19. The van der Waals surface area contributed by atoms with Crippen LogP contribution in [0.4, 0.5) is 0 Å². The van der Waals surface area contributed by atoms with Crippen LogP contribution in [0.15, 0.2) is 12.1 Å². The van der Waals surface area contributed by atoms with E-state index in [2.05, 4.69) is 18.7 Å². The number of hydrogen-bond donors (Lipinski definition) is 0. The minimum atomic E-state index is 0.0705. The molecule has 0 aliphatic carbocycles. The van der Waals surface area contributed by atoms with Crippen molar-refractivity contribution in [2.24, 2.45) is 0 Å². The van der Waals surface area contributed by atoms with E-state index >= 15 is 0 Å². The summed E-state index contributed by atoms with van der Waals surface area (Å²) in [7, 11) is 4.63. The number of ketones is 1. The molecule has 0 aliphatic heterocycles. The number of nitrogens with zero attached hydrogens (tertiary/aromatic N) is 1. The van der Waals surface area contributed by atoms with Gasteiger partial charge in [0.05, 0.1) is 21.3 Å². The molecule has 0 fully saturated rings. The van der Waals surface area contributed by atoms with Gasteiger partial charge in [-0.15, -0.1) is 0 Å². The van der Waals surface area contributed by atoms with Crippen molar-refractivity contribution < 1.29 is 19.0 Å². The maximum atomic E-state index is 12.3. The van der Waals surface area contributed by atoms with Crippen LogP contribution in [-0.4, -0.2) is 51.6 Å². The lowest BCUT2D eigenvalue weighted by atomic mass is 10.1. The number of methoxy groups -OCH3 is 3. The predicted octanol–water partition coefficient (Wildman–Crippen LogP) is 2.63. The Morgan fingerprint density at radius 3 is 1.90 bits per heavy atom.